The first-order chi connectivity index (χ1) is 19.4. The number of fused-ring (bicyclic) bond motifs is 2. The van der Waals surface area contributed by atoms with Crippen LogP contribution in [0.2, 0.25) is 0 Å². The van der Waals surface area contributed by atoms with Gasteiger partial charge in [-0.25, -0.2) is 9.97 Å². The van der Waals surface area contributed by atoms with E-state index in [1.807, 2.05) is 19.4 Å². The number of anilines is 2. The summed E-state index contributed by atoms with van der Waals surface area (Å²) in [5, 5.41) is 14.7. The number of aliphatic imine (C=N–C) groups is 1. The van der Waals surface area contributed by atoms with Crippen molar-refractivity contribution in [3.8, 4) is 11.3 Å². The minimum atomic E-state index is -0.173. The van der Waals surface area contributed by atoms with E-state index in [-0.39, 0.29) is 24.2 Å². The molecule has 7 rings (SSSR count). The molecule has 40 heavy (non-hydrogen) atoms. The molecule has 3 aromatic heterocycles. The molecule has 3 N–H and O–H groups in total. The lowest BCUT2D eigenvalue weighted by Gasteiger charge is -2.42. The lowest BCUT2D eigenvalue weighted by molar-refractivity contribution is 0.0973. The van der Waals surface area contributed by atoms with Crippen LogP contribution < -0.4 is 15.5 Å². The molecule has 0 saturated carbocycles. The Morgan fingerprint density at radius 1 is 1.12 bits per heavy atom. The number of amidine groups is 1. The molecule has 0 aliphatic carbocycles. The van der Waals surface area contributed by atoms with Crippen LogP contribution >= 0.6 is 0 Å². The average molecular weight is 544 g/mol. The highest BCUT2D eigenvalue weighted by Crippen LogP contribution is 2.43. The summed E-state index contributed by atoms with van der Waals surface area (Å²) < 4.78 is 7.69. The van der Waals surface area contributed by atoms with Crippen LogP contribution in [0.25, 0.3) is 11.3 Å². The number of nitrogens with two attached hydrogens (primary N) is 1. The van der Waals surface area contributed by atoms with Crippen molar-refractivity contribution in [2.24, 2.45) is 23.2 Å². The number of aromatic nitrogens is 5. The van der Waals surface area contributed by atoms with Crippen LogP contribution in [0.5, 0.6) is 0 Å². The summed E-state index contributed by atoms with van der Waals surface area (Å²) in [6, 6.07) is 4.24. The van der Waals surface area contributed by atoms with E-state index >= 15 is 0 Å². The van der Waals surface area contributed by atoms with Crippen LogP contribution in [0.15, 0.2) is 29.5 Å². The molecule has 11 heteroatoms. The number of piperidine rings is 1. The zero-order valence-corrected chi connectivity index (χ0v) is 23.4. The molecule has 0 aromatic carbocycles. The molecule has 3 atom stereocenters. The van der Waals surface area contributed by atoms with Gasteiger partial charge in [-0.2, -0.15) is 5.10 Å². The first-order valence-electron chi connectivity index (χ1n) is 14.3. The fourth-order valence-corrected chi connectivity index (χ4v) is 6.79. The van der Waals surface area contributed by atoms with E-state index in [4.69, 9.17) is 30.4 Å². The fourth-order valence-electron chi connectivity index (χ4n) is 6.79. The second-order valence-corrected chi connectivity index (χ2v) is 11.8. The van der Waals surface area contributed by atoms with Crippen LogP contribution in [0, 0.1) is 5.41 Å². The van der Waals surface area contributed by atoms with Gasteiger partial charge in [-0.15, -0.1) is 0 Å². The van der Waals surface area contributed by atoms with Gasteiger partial charge in [0.1, 0.15) is 11.4 Å². The summed E-state index contributed by atoms with van der Waals surface area (Å²) in [5.74, 6) is 1.91. The largest absolute Gasteiger partial charge is 0.390 e. The monoisotopic (exact) mass is 543 g/mol. The Morgan fingerprint density at radius 2 is 1.95 bits per heavy atom. The van der Waals surface area contributed by atoms with Gasteiger partial charge in [-0.3, -0.25) is 14.7 Å². The fraction of sp³-hybridized carbons (Fsp3) is 0.552. The molecule has 210 valence electrons. The average Bonchev–Trinajstić information content (AvgIpc) is 3.67. The van der Waals surface area contributed by atoms with E-state index in [2.05, 4.69) is 40.9 Å². The van der Waals surface area contributed by atoms with E-state index in [1.165, 1.54) is 0 Å². The number of rotatable bonds is 3. The number of hydrogen-bond donors (Lipinski definition) is 2. The molecular weight excluding hydrogens is 506 g/mol. The van der Waals surface area contributed by atoms with Gasteiger partial charge in [0.25, 0.3) is 0 Å². The maximum atomic E-state index is 10.4. The van der Waals surface area contributed by atoms with Gasteiger partial charge in [0.05, 0.1) is 54.8 Å². The van der Waals surface area contributed by atoms with Crippen molar-refractivity contribution in [2.45, 2.75) is 64.3 Å². The van der Waals surface area contributed by atoms with Crippen LogP contribution in [0.1, 0.15) is 61.8 Å². The Bertz CT molecular complexity index is 1480. The maximum absolute atomic E-state index is 10.4. The Labute approximate surface area is 234 Å². The number of aryl methyl sites for hydroxylation is 1. The molecular formula is C29H37N9O2. The number of aliphatic hydroxyl groups is 1. The molecule has 0 bridgehead atoms. The van der Waals surface area contributed by atoms with Crippen molar-refractivity contribution >= 4 is 17.3 Å². The quantitative estimate of drug-likeness (QED) is 0.511. The number of ether oxygens (including phenoxy) is 1. The molecule has 7 heterocycles. The molecule has 11 nitrogen and oxygen atoms in total. The summed E-state index contributed by atoms with van der Waals surface area (Å²) in [7, 11) is 1.91. The van der Waals surface area contributed by atoms with Gasteiger partial charge >= 0.3 is 0 Å². The zero-order chi connectivity index (χ0) is 27.6. The molecule has 0 amide bonds. The van der Waals surface area contributed by atoms with E-state index in [1.54, 1.807) is 4.68 Å². The van der Waals surface area contributed by atoms with E-state index in [9.17, 15) is 5.11 Å². The summed E-state index contributed by atoms with van der Waals surface area (Å²) >= 11 is 0. The van der Waals surface area contributed by atoms with Gasteiger partial charge in [-0.1, -0.05) is 6.92 Å². The minimum Gasteiger partial charge on any atom is -0.390 e. The lowest BCUT2D eigenvalue weighted by Crippen LogP contribution is -2.51. The van der Waals surface area contributed by atoms with E-state index < -0.39 is 0 Å². The Balaban J connectivity index is 1.16. The molecule has 2 fully saturated rings. The third kappa shape index (κ3) is 4.02. The number of aliphatic hydroxyl groups excluding tert-OH is 1. The van der Waals surface area contributed by atoms with Crippen molar-refractivity contribution in [2.75, 3.05) is 36.0 Å². The second kappa shape index (κ2) is 9.60. The van der Waals surface area contributed by atoms with Crippen molar-refractivity contribution in [3.05, 3.63) is 47.3 Å². The number of nitrogens with zero attached hydrogens (tertiary/aromatic N) is 8. The molecule has 1 spiro atoms. The Morgan fingerprint density at radius 3 is 2.65 bits per heavy atom. The normalized spacial score (nSPS) is 25.3. The topological polar surface area (TPSA) is 131 Å². The smallest absolute Gasteiger partial charge is 0.156 e. The minimum absolute atomic E-state index is 0.0272. The highest BCUT2D eigenvalue weighted by atomic mass is 16.5. The van der Waals surface area contributed by atoms with Crippen molar-refractivity contribution in [1.82, 2.24) is 24.7 Å². The highest BCUT2D eigenvalue weighted by molar-refractivity contribution is 6.11. The van der Waals surface area contributed by atoms with Crippen molar-refractivity contribution in [3.63, 3.8) is 0 Å². The standard InChI is InChI=1S/C29H37N9O2/c1-17-6-9-38(23-5-4-20(33-24(17)23)19-12-32-36(3)14-19)28-25-21(13-31-28)35-27(22(15-39)34-25)37-10-7-29(8-11-37)16-40-18(2)26(29)30/h4-5,12,14,17-18,26,39H,6-11,13,15-16,30H2,1-3H3/t17-,18-,26+/m0/s1. The molecule has 4 aliphatic rings. The first kappa shape index (κ1) is 25.6. The summed E-state index contributed by atoms with van der Waals surface area (Å²) in [4.78, 5) is 24.5. The number of hydrogen-bond acceptors (Lipinski definition) is 10. The lowest BCUT2D eigenvalue weighted by atomic mass is 9.73. The predicted octanol–water partition coefficient (Wildman–Crippen LogP) is 2.37. The van der Waals surface area contributed by atoms with Gasteiger partial charge in [0, 0.05) is 55.8 Å². The maximum Gasteiger partial charge on any atom is 0.156 e. The molecule has 3 aromatic rings. The van der Waals surface area contributed by atoms with Gasteiger partial charge < -0.3 is 25.4 Å². The third-order valence-electron chi connectivity index (χ3n) is 9.37. The van der Waals surface area contributed by atoms with Crippen molar-refractivity contribution in [1.29, 1.82) is 0 Å². The summed E-state index contributed by atoms with van der Waals surface area (Å²) in [6.45, 7) is 7.78. The van der Waals surface area contributed by atoms with Gasteiger partial charge in [0.2, 0.25) is 0 Å². The predicted molar refractivity (Wildman–Crippen MR) is 152 cm³/mol. The first-order valence-corrected chi connectivity index (χ1v) is 14.3. The van der Waals surface area contributed by atoms with E-state index in [0.717, 1.165) is 91.2 Å². The Kier molecular flexibility index (Phi) is 6.13. The van der Waals surface area contributed by atoms with Gasteiger partial charge in [-0.05, 0) is 38.3 Å². The van der Waals surface area contributed by atoms with Gasteiger partial charge in [0.15, 0.2) is 11.7 Å². The number of pyridine rings is 1. The molecule has 2 saturated heterocycles. The molecule has 4 aliphatic heterocycles. The SMILES string of the molecule is C[C@@H]1OCC2(CCN(c3nc4c(nc3CO)C(N3CC[C@H](C)c5nc(-c6cnn(C)c6)ccc53)=NC4)CC2)[C@@H]1N. The summed E-state index contributed by atoms with van der Waals surface area (Å²) in [6.07, 6.45) is 6.78. The second-order valence-electron chi connectivity index (χ2n) is 11.8. The molecule has 0 unspecified atom stereocenters. The molecule has 0 radical (unpaired) electrons. The van der Waals surface area contributed by atoms with Crippen LogP contribution in [-0.2, 0) is 24.9 Å². The van der Waals surface area contributed by atoms with Crippen LogP contribution in [0.3, 0.4) is 0 Å². The van der Waals surface area contributed by atoms with Crippen LogP contribution in [0.4, 0.5) is 11.5 Å². The Hall–Kier alpha value is -3.41. The van der Waals surface area contributed by atoms with Crippen molar-refractivity contribution < 1.29 is 9.84 Å². The van der Waals surface area contributed by atoms with E-state index in [0.29, 0.717) is 18.2 Å². The van der Waals surface area contributed by atoms with Crippen LogP contribution in [-0.4, -0.2) is 74.1 Å². The third-order valence-corrected chi connectivity index (χ3v) is 9.37. The zero-order valence-electron chi connectivity index (χ0n) is 23.4. The highest BCUT2D eigenvalue weighted by Gasteiger charge is 2.48. The summed E-state index contributed by atoms with van der Waals surface area (Å²) in [5.41, 5.74) is 12.8.